The number of carbonyl (C=O) groups excluding carboxylic acids is 1. The molecule has 0 aliphatic carbocycles. The standard InChI is InChI=1S/C18H19ClN2OS/c1-2-4-15(22)12-21-17(18-5-3-10-23-18)11-16(20-21)13-6-8-14(19)9-7-13/h3,5-10,17H,2,4,11-12H2,1H3. The Kier molecular flexibility index (Phi) is 5.13. The van der Waals surface area contributed by atoms with Crippen LogP contribution in [-0.4, -0.2) is 23.0 Å². The molecule has 0 fully saturated rings. The van der Waals surface area contributed by atoms with Gasteiger partial charge in [-0.2, -0.15) is 5.10 Å². The molecule has 1 atom stereocenters. The summed E-state index contributed by atoms with van der Waals surface area (Å²) in [6, 6.07) is 12.1. The average Bonchev–Trinajstić information content (AvgIpc) is 3.17. The molecule has 2 heterocycles. The molecule has 0 bridgehead atoms. The number of halogens is 1. The van der Waals surface area contributed by atoms with E-state index < -0.39 is 0 Å². The second kappa shape index (κ2) is 7.28. The van der Waals surface area contributed by atoms with Crippen molar-refractivity contribution < 1.29 is 4.79 Å². The Morgan fingerprint density at radius 2 is 2.13 bits per heavy atom. The first-order chi connectivity index (χ1) is 11.2. The maximum atomic E-state index is 12.1. The van der Waals surface area contributed by atoms with Crippen LogP contribution in [0, 0.1) is 0 Å². The highest BCUT2D eigenvalue weighted by atomic mass is 35.5. The van der Waals surface area contributed by atoms with Crippen LogP contribution < -0.4 is 0 Å². The summed E-state index contributed by atoms with van der Waals surface area (Å²) in [5.74, 6) is 0.246. The lowest BCUT2D eigenvalue weighted by atomic mass is 10.0. The van der Waals surface area contributed by atoms with Gasteiger partial charge in [0.1, 0.15) is 0 Å². The number of nitrogens with zero attached hydrogens (tertiary/aromatic N) is 2. The van der Waals surface area contributed by atoms with E-state index in [1.54, 1.807) is 11.3 Å². The predicted molar refractivity (Wildman–Crippen MR) is 96.3 cm³/mol. The number of hydrogen-bond donors (Lipinski definition) is 0. The second-order valence-electron chi connectivity index (χ2n) is 5.68. The number of hydrazone groups is 1. The number of ketones is 1. The van der Waals surface area contributed by atoms with Crippen LogP contribution in [0.5, 0.6) is 0 Å². The van der Waals surface area contributed by atoms with Crippen LogP contribution in [0.1, 0.15) is 42.7 Å². The molecule has 0 radical (unpaired) electrons. The summed E-state index contributed by atoms with van der Waals surface area (Å²) in [4.78, 5) is 13.3. The third-order valence-corrected chi connectivity index (χ3v) is 5.14. The maximum Gasteiger partial charge on any atom is 0.153 e. The molecule has 0 spiro atoms. The molecule has 0 saturated carbocycles. The molecule has 0 N–H and O–H groups in total. The van der Waals surface area contributed by atoms with E-state index in [0.717, 1.165) is 29.1 Å². The van der Waals surface area contributed by atoms with Gasteiger partial charge in [-0.05, 0) is 35.6 Å². The molecular weight excluding hydrogens is 328 g/mol. The number of carbonyl (C=O) groups is 1. The molecule has 23 heavy (non-hydrogen) atoms. The molecule has 120 valence electrons. The van der Waals surface area contributed by atoms with Crippen molar-refractivity contribution in [2.45, 2.75) is 32.2 Å². The lowest BCUT2D eigenvalue weighted by Crippen LogP contribution is -2.25. The van der Waals surface area contributed by atoms with Crippen molar-refractivity contribution in [3.05, 3.63) is 57.2 Å². The highest BCUT2D eigenvalue weighted by Gasteiger charge is 2.30. The number of rotatable bonds is 6. The van der Waals surface area contributed by atoms with Crippen LogP contribution in [-0.2, 0) is 4.79 Å². The van der Waals surface area contributed by atoms with Gasteiger partial charge in [0.05, 0.1) is 18.3 Å². The van der Waals surface area contributed by atoms with Crippen molar-refractivity contribution in [3.63, 3.8) is 0 Å². The van der Waals surface area contributed by atoms with Gasteiger partial charge in [-0.3, -0.25) is 9.80 Å². The summed E-state index contributed by atoms with van der Waals surface area (Å²) >= 11 is 7.68. The molecule has 3 nitrogen and oxygen atoms in total. The first kappa shape index (κ1) is 16.2. The molecule has 1 aliphatic heterocycles. The minimum Gasteiger partial charge on any atom is -0.298 e. The van der Waals surface area contributed by atoms with Gasteiger partial charge in [-0.1, -0.05) is 36.7 Å². The van der Waals surface area contributed by atoms with Gasteiger partial charge in [-0.25, -0.2) is 0 Å². The summed E-state index contributed by atoms with van der Waals surface area (Å²) < 4.78 is 0. The first-order valence-electron chi connectivity index (χ1n) is 7.82. The summed E-state index contributed by atoms with van der Waals surface area (Å²) in [5, 5.41) is 9.48. The van der Waals surface area contributed by atoms with Gasteiger partial charge in [0.15, 0.2) is 5.78 Å². The minimum atomic E-state index is 0.154. The van der Waals surface area contributed by atoms with Crippen molar-refractivity contribution >= 4 is 34.4 Å². The fourth-order valence-electron chi connectivity index (χ4n) is 2.78. The molecule has 3 rings (SSSR count). The lowest BCUT2D eigenvalue weighted by Gasteiger charge is -2.21. The Hall–Kier alpha value is -1.65. The SMILES string of the molecule is CCCC(=O)CN1N=C(c2ccc(Cl)cc2)CC1c1cccs1. The van der Waals surface area contributed by atoms with Crippen molar-refractivity contribution in [2.24, 2.45) is 5.10 Å². The van der Waals surface area contributed by atoms with Gasteiger partial charge in [-0.15, -0.1) is 11.3 Å². The second-order valence-corrected chi connectivity index (χ2v) is 7.09. The predicted octanol–water partition coefficient (Wildman–Crippen LogP) is 4.92. The van der Waals surface area contributed by atoms with Crippen LogP contribution in [0.15, 0.2) is 46.9 Å². The highest BCUT2D eigenvalue weighted by Crippen LogP contribution is 2.35. The smallest absolute Gasteiger partial charge is 0.153 e. The van der Waals surface area contributed by atoms with Crippen LogP contribution in [0.2, 0.25) is 5.02 Å². The Morgan fingerprint density at radius 1 is 1.35 bits per heavy atom. The number of benzene rings is 1. The third-order valence-electron chi connectivity index (χ3n) is 3.91. The molecule has 0 amide bonds. The van der Waals surface area contributed by atoms with Crippen LogP contribution in [0.25, 0.3) is 0 Å². The zero-order valence-corrected chi connectivity index (χ0v) is 14.6. The maximum absolute atomic E-state index is 12.1. The zero-order valence-electron chi connectivity index (χ0n) is 13.0. The normalized spacial score (nSPS) is 17.4. The lowest BCUT2D eigenvalue weighted by molar-refractivity contribution is -0.120. The van der Waals surface area contributed by atoms with Gasteiger partial charge in [0, 0.05) is 22.7 Å². The molecule has 1 unspecified atom stereocenters. The summed E-state index contributed by atoms with van der Waals surface area (Å²) in [6.45, 7) is 2.41. The summed E-state index contributed by atoms with van der Waals surface area (Å²) in [6.07, 6.45) is 2.31. The molecular formula is C18H19ClN2OS. The van der Waals surface area contributed by atoms with E-state index in [1.165, 1.54) is 4.88 Å². The van der Waals surface area contributed by atoms with E-state index in [4.69, 9.17) is 16.7 Å². The van der Waals surface area contributed by atoms with E-state index >= 15 is 0 Å². The Bertz CT molecular complexity index is 694. The third kappa shape index (κ3) is 3.82. The van der Waals surface area contributed by atoms with E-state index in [9.17, 15) is 4.79 Å². The number of Topliss-reactive ketones (excluding diaryl/α,β-unsaturated/α-hetero) is 1. The topological polar surface area (TPSA) is 32.7 Å². The minimum absolute atomic E-state index is 0.154. The van der Waals surface area contributed by atoms with Crippen molar-refractivity contribution in [1.82, 2.24) is 5.01 Å². The molecule has 1 aliphatic rings. The molecule has 2 aromatic rings. The Balaban J connectivity index is 1.84. The fourth-order valence-corrected chi connectivity index (χ4v) is 3.74. The summed E-state index contributed by atoms with van der Waals surface area (Å²) in [7, 11) is 0. The van der Waals surface area contributed by atoms with Crippen LogP contribution >= 0.6 is 22.9 Å². The van der Waals surface area contributed by atoms with Crippen molar-refractivity contribution in [3.8, 4) is 0 Å². The van der Waals surface area contributed by atoms with Gasteiger partial charge < -0.3 is 0 Å². The van der Waals surface area contributed by atoms with Gasteiger partial charge in [0.2, 0.25) is 0 Å². The van der Waals surface area contributed by atoms with Gasteiger partial charge in [0.25, 0.3) is 0 Å². The quantitative estimate of drug-likeness (QED) is 0.743. The van der Waals surface area contributed by atoms with Crippen LogP contribution in [0.3, 0.4) is 0 Å². The van der Waals surface area contributed by atoms with E-state index in [2.05, 4.69) is 11.4 Å². The molecule has 5 heteroatoms. The number of hydrogen-bond acceptors (Lipinski definition) is 4. The van der Waals surface area contributed by atoms with E-state index in [-0.39, 0.29) is 11.8 Å². The Morgan fingerprint density at radius 3 is 2.78 bits per heavy atom. The van der Waals surface area contributed by atoms with Crippen LogP contribution in [0.4, 0.5) is 0 Å². The largest absolute Gasteiger partial charge is 0.298 e. The summed E-state index contributed by atoms with van der Waals surface area (Å²) in [5.41, 5.74) is 2.09. The fraction of sp³-hybridized carbons (Fsp3) is 0.333. The molecule has 1 aromatic heterocycles. The van der Waals surface area contributed by atoms with E-state index in [0.29, 0.717) is 13.0 Å². The monoisotopic (exact) mass is 346 g/mol. The van der Waals surface area contributed by atoms with Crippen molar-refractivity contribution in [2.75, 3.05) is 6.54 Å². The average molecular weight is 347 g/mol. The first-order valence-corrected chi connectivity index (χ1v) is 9.08. The Labute approximate surface area is 145 Å². The number of thiophene rings is 1. The molecule has 0 saturated heterocycles. The highest BCUT2D eigenvalue weighted by molar-refractivity contribution is 7.10. The zero-order chi connectivity index (χ0) is 16.2. The van der Waals surface area contributed by atoms with E-state index in [1.807, 2.05) is 42.3 Å². The molecule has 1 aromatic carbocycles. The van der Waals surface area contributed by atoms with Gasteiger partial charge >= 0.3 is 0 Å². The van der Waals surface area contributed by atoms with Crippen molar-refractivity contribution in [1.29, 1.82) is 0 Å².